The molecule has 8 heteroatoms. The first-order valence-electron chi connectivity index (χ1n) is 10.7. The highest BCUT2D eigenvalue weighted by Gasteiger charge is 2.24. The molecule has 1 aliphatic rings. The van der Waals surface area contributed by atoms with Gasteiger partial charge in [0.2, 0.25) is 11.8 Å². The van der Waals surface area contributed by atoms with E-state index in [2.05, 4.69) is 22.9 Å². The molecule has 0 aromatic heterocycles. The highest BCUT2D eigenvalue weighted by atomic mass is 32.2. The summed E-state index contributed by atoms with van der Waals surface area (Å²) < 4.78 is 5.10. The maximum atomic E-state index is 12.7. The number of rotatable bonds is 11. The van der Waals surface area contributed by atoms with Crippen LogP contribution in [0.4, 0.5) is 4.79 Å². The molecule has 166 valence electrons. The third-order valence-corrected chi connectivity index (χ3v) is 5.90. The second-order valence-electron chi connectivity index (χ2n) is 7.36. The molecule has 0 aliphatic heterocycles. The Morgan fingerprint density at radius 2 is 1.87 bits per heavy atom. The topological polar surface area (TPSA) is 96.5 Å². The zero-order valence-corrected chi connectivity index (χ0v) is 18.5. The van der Waals surface area contributed by atoms with Crippen LogP contribution in [-0.2, 0) is 20.9 Å². The van der Waals surface area contributed by atoms with Crippen molar-refractivity contribution in [3.63, 3.8) is 0 Å². The van der Waals surface area contributed by atoms with E-state index in [0.717, 1.165) is 42.8 Å². The predicted octanol–water partition coefficient (Wildman–Crippen LogP) is 2.99. The molecule has 2 rings (SSSR count). The number of benzene rings is 1. The molecule has 1 atom stereocenters. The largest absolute Gasteiger partial charge is 0.445 e. The van der Waals surface area contributed by atoms with Crippen LogP contribution in [0.1, 0.15) is 51.0 Å². The Kier molecular flexibility index (Phi) is 11.1. The SMILES string of the molecule is CCSCCC(NC(=O)CNC(=O)OCc1ccccc1)C(=O)NC1CCCCC1. The van der Waals surface area contributed by atoms with Crippen molar-refractivity contribution in [2.24, 2.45) is 0 Å². The summed E-state index contributed by atoms with van der Waals surface area (Å²) in [5.41, 5.74) is 0.866. The molecule has 1 unspecified atom stereocenters. The summed E-state index contributed by atoms with van der Waals surface area (Å²) in [5, 5.41) is 8.27. The van der Waals surface area contributed by atoms with E-state index in [1.54, 1.807) is 11.8 Å². The van der Waals surface area contributed by atoms with Crippen LogP contribution in [0.15, 0.2) is 30.3 Å². The first-order valence-corrected chi connectivity index (χ1v) is 11.9. The van der Waals surface area contributed by atoms with E-state index in [9.17, 15) is 14.4 Å². The highest BCUT2D eigenvalue weighted by Crippen LogP contribution is 2.17. The van der Waals surface area contributed by atoms with Crippen LogP contribution >= 0.6 is 11.8 Å². The smallest absolute Gasteiger partial charge is 0.407 e. The van der Waals surface area contributed by atoms with Gasteiger partial charge in [0.05, 0.1) is 0 Å². The summed E-state index contributed by atoms with van der Waals surface area (Å²) in [5.74, 6) is 1.20. The van der Waals surface area contributed by atoms with Gasteiger partial charge in [0.15, 0.2) is 0 Å². The predicted molar refractivity (Wildman–Crippen MR) is 119 cm³/mol. The molecular formula is C22H33N3O4S. The Morgan fingerprint density at radius 1 is 1.13 bits per heavy atom. The number of amides is 3. The minimum absolute atomic E-state index is 0.134. The molecule has 30 heavy (non-hydrogen) atoms. The molecule has 0 bridgehead atoms. The highest BCUT2D eigenvalue weighted by molar-refractivity contribution is 7.99. The van der Waals surface area contributed by atoms with Crippen molar-refractivity contribution in [1.82, 2.24) is 16.0 Å². The lowest BCUT2D eigenvalue weighted by molar-refractivity contribution is -0.129. The number of ether oxygens (including phenoxy) is 1. The third-order valence-electron chi connectivity index (χ3n) is 4.96. The zero-order valence-electron chi connectivity index (χ0n) is 17.7. The Balaban J connectivity index is 1.75. The fraction of sp³-hybridized carbons (Fsp3) is 0.591. The summed E-state index contributed by atoms with van der Waals surface area (Å²) in [7, 11) is 0. The molecule has 1 aliphatic carbocycles. The van der Waals surface area contributed by atoms with Crippen molar-refractivity contribution in [1.29, 1.82) is 0 Å². The van der Waals surface area contributed by atoms with Crippen molar-refractivity contribution in [3.8, 4) is 0 Å². The van der Waals surface area contributed by atoms with Gasteiger partial charge in [-0.15, -0.1) is 0 Å². The maximum Gasteiger partial charge on any atom is 0.407 e. The number of hydrogen-bond acceptors (Lipinski definition) is 5. The Morgan fingerprint density at radius 3 is 2.57 bits per heavy atom. The van der Waals surface area contributed by atoms with Gasteiger partial charge in [0.25, 0.3) is 0 Å². The molecule has 0 saturated heterocycles. The monoisotopic (exact) mass is 435 g/mol. The Hall–Kier alpha value is -2.22. The van der Waals surface area contributed by atoms with Crippen LogP contribution in [0.5, 0.6) is 0 Å². The lowest BCUT2D eigenvalue weighted by atomic mass is 9.95. The van der Waals surface area contributed by atoms with Crippen molar-refractivity contribution >= 4 is 29.7 Å². The lowest BCUT2D eigenvalue weighted by Gasteiger charge is -2.26. The molecule has 1 fully saturated rings. The minimum Gasteiger partial charge on any atom is -0.445 e. The average molecular weight is 436 g/mol. The number of carbonyl (C=O) groups excluding carboxylic acids is 3. The quantitative estimate of drug-likeness (QED) is 0.464. The summed E-state index contributed by atoms with van der Waals surface area (Å²) in [6.07, 6.45) is 5.34. The summed E-state index contributed by atoms with van der Waals surface area (Å²) in [6, 6.07) is 8.90. The van der Waals surface area contributed by atoms with Crippen LogP contribution in [-0.4, -0.2) is 48.0 Å². The second kappa shape index (κ2) is 13.9. The Bertz CT molecular complexity index is 666. The fourth-order valence-corrected chi connectivity index (χ4v) is 4.03. The van der Waals surface area contributed by atoms with E-state index in [1.165, 1.54) is 6.42 Å². The van der Waals surface area contributed by atoms with E-state index < -0.39 is 18.0 Å². The third kappa shape index (κ3) is 9.52. The normalized spacial score (nSPS) is 15.1. The summed E-state index contributed by atoms with van der Waals surface area (Å²) >= 11 is 1.73. The first-order chi connectivity index (χ1) is 14.6. The summed E-state index contributed by atoms with van der Waals surface area (Å²) in [4.78, 5) is 36.8. The minimum atomic E-state index is -0.668. The maximum absolute atomic E-state index is 12.7. The van der Waals surface area contributed by atoms with Gasteiger partial charge in [-0.2, -0.15) is 11.8 Å². The molecule has 3 N–H and O–H groups in total. The number of carbonyl (C=O) groups is 3. The van der Waals surface area contributed by atoms with Crippen LogP contribution in [0.2, 0.25) is 0 Å². The number of alkyl carbamates (subject to hydrolysis) is 1. The van der Waals surface area contributed by atoms with Crippen molar-refractivity contribution in [2.75, 3.05) is 18.1 Å². The van der Waals surface area contributed by atoms with Gasteiger partial charge < -0.3 is 20.7 Å². The first kappa shape index (κ1) is 24.1. The number of hydrogen-bond donors (Lipinski definition) is 3. The van der Waals surface area contributed by atoms with Gasteiger partial charge in [-0.3, -0.25) is 9.59 Å². The van der Waals surface area contributed by atoms with Gasteiger partial charge in [0, 0.05) is 6.04 Å². The van der Waals surface area contributed by atoms with Crippen LogP contribution in [0.25, 0.3) is 0 Å². The molecule has 0 radical (unpaired) electrons. The van der Waals surface area contributed by atoms with E-state index in [0.29, 0.717) is 6.42 Å². The molecule has 0 spiro atoms. The molecule has 7 nitrogen and oxygen atoms in total. The second-order valence-corrected chi connectivity index (χ2v) is 8.76. The van der Waals surface area contributed by atoms with Gasteiger partial charge in [0.1, 0.15) is 19.2 Å². The van der Waals surface area contributed by atoms with Crippen molar-refractivity contribution in [3.05, 3.63) is 35.9 Å². The van der Waals surface area contributed by atoms with E-state index >= 15 is 0 Å². The summed E-state index contributed by atoms with van der Waals surface area (Å²) in [6.45, 7) is 1.96. The molecule has 1 aromatic carbocycles. The van der Waals surface area contributed by atoms with Gasteiger partial charge in [-0.1, -0.05) is 56.5 Å². The fourth-order valence-electron chi connectivity index (χ4n) is 3.33. The Labute approximate surface area is 183 Å². The van der Waals surface area contributed by atoms with Crippen LogP contribution < -0.4 is 16.0 Å². The van der Waals surface area contributed by atoms with Gasteiger partial charge >= 0.3 is 6.09 Å². The van der Waals surface area contributed by atoms with Gasteiger partial charge in [-0.05, 0) is 36.3 Å². The molecular weight excluding hydrogens is 402 g/mol. The zero-order chi connectivity index (χ0) is 21.6. The van der Waals surface area contributed by atoms with Crippen LogP contribution in [0, 0.1) is 0 Å². The molecule has 0 heterocycles. The van der Waals surface area contributed by atoms with Crippen molar-refractivity contribution < 1.29 is 19.1 Å². The van der Waals surface area contributed by atoms with Crippen molar-refractivity contribution in [2.45, 2.75) is 64.1 Å². The van der Waals surface area contributed by atoms with E-state index in [4.69, 9.17) is 4.74 Å². The van der Waals surface area contributed by atoms with E-state index in [1.807, 2.05) is 30.3 Å². The number of thioether (sulfide) groups is 1. The standard InChI is InChI=1S/C22H33N3O4S/c1-2-30-14-13-19(21(27)24-18-11-7-4-8-12-18)25-20(26)15-23-22(28)29-16-17-9-5-3-6-10-17/h3,5-6,9-10,18-19H,2,4,7-8,11-16H2,1H3,(H,23,28)(H,24,27)(H,25,26). The molecule has 1 aromatic rings. The van der Waals surface area contributed by atoms with Gasteiger partial charge in [-0.25, -0.2) is 4.79 Å². The molecule has 3 amide bonds. The average Bonchev–Trinajstić information content (AvgIpc) is 2.77. The van der Waals surface area contributed by atoms with E-state index in [-0.39, 0.29) is 25.1 Å². The van der Waals surface area contributed by atoms with Crippen LogP contribution in [0.3, 0.4) is 0 Å². The number of nitrogens with one attached hydrogen (secondary N) is 3. The lowest BCUT2D eigenvalue weighted by Crippen LogP contribution is -2.52. The molecule has 1 saturated carbocycles.